The van der Waals surface area contributed by atoms with Crippen molar-refractivity contribution < 1.29 is 28.6 Å². The van der Waals surface area contributed by atoms with Crippen molar-refractivity contribution in [1.82, 2.24) is 0 Å². The molecule has 64 heavy (non-hydrogen) atoms. The molecule has 0 aromatic heterocycles. The highest BCUT2D eigenvalue weighted by Crippen LogP contribution is 2.17. The van der Waals surface area contributed by atoms with Crippen LogP contribution < -0.4 is 0 Å². The van der Waals surface area contributed by atoms with E-state index in [0.29, 0.717) is 19.3 Å². The molecule has 0 N–H and O–H groups in total. The summed E-state index contributed by atoms with van der Waals surface area (Å²) >= 11 is 0. The maximum atomic E-state index is 12.8. The van der Waals surface area contributed by atoms with Crippen LogP contribution in [0, 0.1) is 0 Å². The van der Waals surface area contributed by atoms with E-state index in [1.165, 1.54) is 193 Å². The van der Waals surface area contributed by atoms with Crippen LogP contribution in [0.1, 0.15) is 310 Å². The number of hydrogen-bond donors (Lipinski definition) is 0. The zero-order valence-electron chi connectivity index (χ0n) is 43.1. The Hall–Kier alpha value is -2.11. The average Bonchev–Trinajstić information content (AvgIpc) is 3.29. The molecule has 0 spiro atoms. The lowest BCUT2D eigenvalue weighted by atomic mass is 10.0. The highest BCUT2D eigenvalue weighted by molar-refractivity contribution is 5.71. The molecule has 376 valence electrons. The van der Waals surface area contributed by atoms with E-state index in [1.807, 2.05) is 0 Å². The van der Waals surface area contributed by atoms with Gasteiger partial charge in [-0.25, -0.2) is 0 Å². The first kappa shape index (κ1) is 61.9. The fraction of sp³-hybridized carbons (Fsp3) is 0.879. The minimum absolute atomic E-state index is 0.0716. The third-order valence-electron chi connectivity index (χ3n) is 12.7. The Kier molecular flexibility index (Phi) is 51.7. The van der Waals surface area contributed by atoms with Crippen molar-refractivity contribution in [3.8, 4) is 0 Å². The minimum atomic E-state index is -0.773. The van der Waals surface area contributed by atoms with Gasteiger partial charge in [-0.3, -0.25) is 14.4 Å². The minimum Gasteiger partial charge on any atom is -0.462 e. The van der Waals surface area contributed by atoms with Crippen molar-refractivity contribution >= 4 is 17.9 Å². The molecule has 0 saturated heterocycles. The Labute approximate surface area is 398 Å². The van der Waals surface area contributed by atoms with Crippen LogP contribution >= 0.6 is 0 Å². The number of ether oxygens (including phenoxy) is 3. The standard InChI is InChI=1S/C58H108O6/c1-4-7-10-13-16-19-22-25-27-28-29-31-33-36-39-42-45-48-51-57(60)63-54-55(53-62-56(59)50-47-44-41-38-35-32-24-21-18-15-12-9-6-3)64-58(61)52-49-46-43-40-37-34-30-26-23-20-17-14-11-8-5-2/h17,20,26,30,55H,4-16,18-19,21-25,27-29,31-54H2,1-3H3/b20-17-,30-26-. The maximum Gasteiger partial charge on any atom is 0.306 e. The second kappa shape index (κ2) is 53.5. The summed E-state index contributed by atoms with van der Waals surface area (Å²) in [5.74, 6) is -0.865. The van der Waals surface area contributed by atoms with E-state index in [1.54, 1.807) is 0 Å². The van der Waals surface area contributed by atoms with E-state index in [4.69, 9.17) is 14.2 Å². The summed E-state index contributed by atoms with van der Waals surface area (Å²) in [5.41, 5.74) is 0. The SMILES string of the molecule is CCCCC/C=C\C/C=C\CCCCCCCC(=O)OC(COC(=O)CCCCCCCCCCCCCCC)COC(=O)CCCCCCCCCCCCCCCCCCCC. The van der Waals surface area contributed by atoms with Crippen LogP contribution in [-0.2, 0) is 28.6 Å². The summed E-state index contributed by atoms with van der Waals surface area (Å²) in [6, 6.07) is 0. The molecule has 0 amide bonds. The summed E-state index contributed by atoms with van der Waals surface area (Å²) in [7, 11) is 0. The van der Waals surface area contributed by atoms with E-state index >= 15 is 0 Å². The Morgan fingerprint density at radius 2 is 0.562 bits per heavy atom. The first-order valence-electron chi connectivity index (χ1n) is 28.3. The number of carbonyl (C=O) groups is 3. The van der Waals surface area contributed by atoms with Gasteiger partial charge in [-0.05, 0) is 51.4 Å². The second-order valence-electron chi connectivity index (χ2n) is 19.2. The van der Waals surface area contributed by atoms with Crippen molar-refractivity contribution in [2.45, 2.75) is 316 Å². The van der Waals surface area contributed by atoms with Gasteiger partial charge in [0.25, 0.3) is 0 Å². The molecule has 6 nitrogen and oxygen atoms in total. The zero-order valence-corrected chi connectivity index (χ0v) is 43.1. The molecule has 1 unspecified atom stereocenters. The van der Waals surface area contributed by atoms with Crippen molar-refractivity contribution in [1.29, 1.82) is 0 Å². The van der Waals surface area contributed by atoms with Crippen LogP contribution in [-0.4, -0.2) is 37.2 Å². The molecule has 0 radical (unpaired) electrons. The molecule has 0 aromatic carbocycles. The molecule has 0 rings (SSSR count). The molecule has 0 heterocycles. The summed E-state index contributed by atoms with van der Waals surface area (Å²) in [4.78, 5) is 38.1. The van der Waals surface area contributed by atoms with Crippen LogP contribution in [0.25, 0.3) is 0 Å². The van der Waals surface area contributed by atoms with Crippen LogP contribution in [0.2, 0.25) is 0 Å². The third-order valence-corrected chi connectivity index (χ3v) is 12.7. The van der Waals surface area contributed by atoms with E-state index < -0.39 is 6.10 Å². The molecule has 0 aromatic rings. The zero-order chi connectivity index (χ0) is 46.5. The van der Waals surface area contributed by atoms with Crippen LogP contribution in [0.3, 0.4) is 0 Å². The van der Waals surface area contributed by atoms with Crippen molar-refractivity contribution in [2.75, 3.05) is 13.2 Å². The smallest absolute Gasteiger partial charge is 0.306 e. The Balaban J connectivity index is 4.32. The topological polar surface area (TPSA) is 78.9 Å². The highest BCUT2D eigenvalue weighted by atomic mass is 16.6. The van der Waals surface area contributed by atoms with E-state index in [-0.39, 0.29) is 31.1 Å². The lowest BCUT2D eigenvalue weighted by Gasteiger charge is -2.18. The number of rotatable bonds is 52. The molecule has 0 aliphatic rings. The van der Waals surface area contributed by atoms with Crippen LogP contribution in [0.15, 0.2) is 24.3 Å². The van der Waals surface area contributed by atoms with Crippen LogP contribution in [0.5, 0.6) is 0 Å². The Morgan fingerprint density at radius 3 is 0.891 bits per heavy atom. The quantitative estimate of drug-likeness (QED) is 0.0262. The van der Waals surface area contributed by atoms with Gasteiger partial charge >= 0.3 is 17.9 Å². The first-order valence-corrected chi connectivity index (χ1v) is 28.3. The molecule has 0 aliphatic heterocycles. The summed E-state index contributed by atoms with van der Waals surface area (Å²) in [6.07, 6.45) is 61.6. The molecule has 0 aliphatic carbocycles. The van der Waals surface area contributed by atoms with Gasteiger partial charge in [0.2, 0.25) is 0 Å². The van der Waals surface area contributed by atoms with Gasteiger partial charge in [0.1, 0.15) is 13.2 Å². The molecule has 1 atom stereocenters. The van der Waals surface area contributed by atoms with Gasteiger partial charge in [0, 0.05) is 19.3 Å². The van der Waals surface area contributed by atoms with Gasteiger partial charge in [-0.15, -0.1) is 0 Å². The number of unbranched alkanes of at least 4 members (excludes halogenated alkanes) is 37. The molecular formula is C58H108O6. The number of allylic oxidation sites excluding steroid dienone is 4. The molecule has 0 bridgehead atoms. The predicted octanol–water partition coefficient (Wildman–Crippen LogP) is 18.7. The van der Waals surface area contributed by atoms with Gasteiger partial charge in [-0.2, -0.15) is 0 Å². The Bertz CT molecular complexity index is 1040. The Morgan fingerprint density at radius 1 is 0.312 bits per heavy atom. The average molecular weight is 901 g/mol. The largest absolute Gasteiger partial charge is 0.462 e. The highest BCUT2D eigenvalue weighted by Gasteiger charge is 2.19. The molecule has 0 saturated carbocycles. The van der Waals surface area contributed by atoms with Crippen molar-refractivity contribution in [3.63, 3.8) is 0 Å². The second-order valence-corrected chi connectivity index (χ2v) is 19.2. The molecule has 0 fully saturated rings. The van der Waals surface area contributed by atoms with Gasteiger partial charge < -0.3 is 14.2 Å². The van der Waals surface area contributed by atoms with Crippen molar-refractivity contribution in [3.05, 3.63) is 24.3 Å². The van der Waals surface area contributed by atoms with Gasteiger partial charge in [-0.1, -0.05) is 263 Å². The van der Waals surface area contributed by atoms with E-state index in [2.05, 4.69) is 45.1 Å². The third kappa shape index (κ3) is 50.9. The maximum absolute atomic E-state index is 12.8. The number of carbonyl (C=O) groups excluding carboxylic acids is 3. The van der Waals surface area contributed by atoms with Crippen LogP contribution in [0.4, 0.5) is 0 Å². The summed E-state index contributed by atoms with van der Waals surface area (Å²) in [6.45, 7) is 6.65. The summed E-state index contributed by atoms with van der Waals surface area (Å²) < 4.78 is 16.9. The monoisotopic (exact) mass is 901 g/mol. The van der Waals surface area contributed by atoms with Gasteiger partial charge in [0.15, 0.2) is 6.10 Å². The fourth-order valence-electron chi connectivity index (χ4n) is 8.42. The number of hydrogen-bond acceptors (Lipinski definition) is 6. The fourth-order valence-corrected chi connectivity index (χ4v) is 8.42. The predicted molar refractivity (Wildman–Crippen MR) is 275 cm³/mol. The lowest BCUT2D eigenvalue weighted by molar-refractivity contribution is -0.167. The molecular weight excluding hydrogens is 793 g/mol. The molecule has 6 heteroatoms. The van der Waals surface area contributed by atoms with Gasteiger partial charge in [0.05, 0.1) is 0 Å². The van der Waals surface area contributed by atoms with Crippen molar-refractivity contribution in [2.24, 2.45) is 0 Å². The van der Waals surface area contributed by atoms with E-state index in [9.17, 15) is 14.4 Å². The van der Waals surface area contributed by atoms with E-state index in [0.717, 1.165) is 77.0 Å². The number of esters is 3. The normalized spacial score (nSPS) is 12.1. The lowest BCUT2D eigenvalue weighted by Crippen LogP contribution is -2.30. The summed E-state index contributed by atoms with van der Waals surface area (Å²) in [5, 5.41) is 0. The first-order chi connectivity index (χ1) is 31.5.